The average Bonchev–Trinajstić information content (AvgIpc) is 2.48. The van der Waals surface area contributed by atoms with E-state index in [0.29, 0.717) is 7.05 Å². The molecule has 1 unspecified atom stereocenters. The summed E-state index contributed by atoms with van der Waals surface area (Å²) in [5.41, 5.74) is -2.50. The Balaban J connectivity index is 5.92. The summed E-state index contributed by atoms with van der Waals surface area (Å²) in [4.78, 5) is 22.8. The zero-order valence-corrected chi connectivity index (χ0v) is 14.2. The fraction of sp³-hybridized carbons (Fsp3) is 0.636. The van der Waals surface area contributed by atoms with Crippen LogP contribution in [0.25, 0.3) is 0 Å². The predicted octanol–water partition coefficient (Wildman–Crippen LogP) is 1.20. The van der Waals surface area contributed by atoms with Crippen LogP contribution in [0.3, 0.4) is 0 Å². The lowest BCUT2D eigenvalue weighted by Crippen LogP contribution is -2.61. The Labute approximate surface area is 151 Å². The van der Waals surface area contributed by atoms with Gasteiger partial charge in [0, 0.05) is 13.5 Å². The number of halogens is 8. The number of nitrogens with one attached hydrogen (secondary N) is 1. The summed E-state index contributed by atoms with van der Waals surface area (Å²) in [5.74, 6) is -10.2. The number of likely N-dealkylation sites (N-methyl/N-ethyl adjacent to an activating group) is 1. The van der Waals surface area contributed by atoms with Crippen molar-refractivity contribution in [2.45, 2.75) is 29.8 Å². The van der Waals surface area contributed by atoms with Gasteiger partial charge in [-0.3, -0.25) is 4.79 Å². The number of esters is 1. The van der Waals surface area contributed by atoms with Gasteiger partial charge >= 0.3 is 35.3 Å². The zero-order valence-electron chi connectivity index (χ0n) is 13.4. The van der Waals surface area contributed by atoms with Crippen LogP contribution in [0.5, 0.6) is 0 Å². The fourth-order valence-electron chi connectivity index (χ4n) is 1.32. The largest absolute Gasteiger partial charge is 0.743 e. The first-order valence-corrected chi connectivity index (χ1v) is 7.89. The van der Waals surface area contributed by atoms with E-state index in [4.69, 9.17) is 0 Å². The zero-order chi connectivity index (χ0) is 22.8. The van der Waals surface area contributed by atoms with Crippen molar-refractivity contribution in [3.8, 4) is 0 Å². The van der Waals surface area contributed by atoms with Crippen LogP contribution in [-0.4, -0.2) is 61.9 Å². The Morgan fingerprint density at radius 3 is 1.86 bits per heavy atom. The molecule has 0 aliphatic heterocycles. The number of rotatable bonds is 8. The molecule has 164 valence electrons. The lowest BCUT2D eigenvalue weighted by Gasteiger charge is -2.33. The highest BCUT2D eigenvalue weighted by molar-refractivity contribution is 7.86. The van der Waals surface area contributed by atoms with Crippen molar-refractivity contribution in [3.63, 3.8) is 0 Å². The molecule has 1 amide bonds. The van der Waals surface area contributed by atoms with Gasteiger partial charge in [0.15, 0.2) is 10.1 Å². The monoisotopic (exact) mass is 452 g/mol. The normalized spacial score (nSPS) is 15.5. The quantitative estimate of drug-likeness (QED) is 0.193. The van der Waals surface area contributed by atoms with Gasteiger partial charge in [0.1, 0.15) is 5.57 Å². The second-order valence-electron chi connectivity index (χ2n) is 4.75. The van der Waals surface area contributed by atoms with E-state index in [2.05, 4.69) is 16.1 Å². The van der Waals surface area contributed by atoms with Gasteiger partial charge in [0.2, 0.25) is 0 Å². The smallest absolute Gasteiger partial charge is 0.466 e. The van der Waals surface area contributed by atoms with E-state index in [1.54, 1.807) is 0 Å². The number of amides is 1. The minimum Gasteiger partial charge on any atom is -0.743 e. The first-order valence-electron chi connectivity index (χ1n) is 6.48. The minimum atomic E-state index is -6.35. The highest BCUT2D eigenvalue weighted by atomic mass is 32.2. The van der Waals surface area contributed by atoms with Gasteiger partial charge in [0.05, 0.1) is 6.61 Å². The summed E-state index contributed by atoms with van der Waals surface area (Å²) in [6.45, 7) is 0.0859. The van der Waals surface area contributed by atoms with E-state index >= 15 is 0 Å². The van der Waals surface area contributed by atoms with Crippen LogP contribution < -0.4 is 5.32 Å². The summed E-state index contributed by atoms with van der Waals surface area (Å²) < 4.78 is 141. The third-order valence-corrected chi connectivity index (χ3v) is 3.72. The molecule has 0 aliphatic carbocycles. The van der Waals surface area contributed by atoms with Crippen molar-refractivity contribution in [2.75, 3.05) is 13.7 Å². The molecule has 0 heterocycles. The number of hydrogen-bond donors (Lipinski definition) is 1. The summed E-state index contributed by atoms with van der Waals surface area (Å²) in [6, 6.07) is 0. The molecule has 28 heavy (non-hydrogen) atoms. The van der Waals surface area contributed by atoms with Gasteiger partial charge in [0.25, 0.3) is 0 Å². The minimum absolute atomic E-state index is 0.495. The molecule has 0 saturated carbocycles. The number of hydrogen-bond acceptors (Lipinski definition) is 7. The first kappa shape index (κ1) is 26.0. The van der Waals surface area contributed by atoms with Gasteiger partial charge in [-0.1, -0.05) is 6.58 Å². The van der Waals surface area contributed by atoms with Crippen LogP contribution in [0, 0.1) is 0 Å². The molecule has 0 radical (unpaired) electrons. The molecular formula is C11H10F8NO7S-. The van der Waals surface area contributed by atoms with Crippen molar-refractivity contribution in [1.29, 1.82) is 0 Å². The van der Waals surface area contributed by atoms with Crippen LogP contribution in [-0.2, 0) is 29.2 Å². The Hall–Kier alpha value is -2.01. The summed E-state index contributed by atoms with van der Waals surface area (Å²) in [5, 5.41) is -3.93. The van der Waals surface area contributed by atoms with Crippen molar-refractivity contribution in [3.05, 3.63) is 12.2 Å². The van der Waals surface area contributed by atoms with Crippen LogP contribution >= 0.6 is 0 Å². The van der Waals surface area contributed by atoms with E-state index in [-0.39, 0.29) is 0 Å². The Kier molecular flexibility index (Phi) is 7.57. The van der Waals surface area contributed by atoms with Crippen LogP contribution in [0.1, 0.15) is 6.42 Å². The van der Waals surface area contributed by atoms with E-state index in [1.165, 1.54) is 5.32 Å². The standard InChI is InChI=1S/C11H11F8NO7S/c1-5(10(14,15)16)6(21)27-9(7(22)20-2,11(17,18)19)26-4-3-8(12,13)28(23,24)25/h1,3-4H2,2H3,(H,20,22)(H,23,24,25)/p-1. The van der Waals surface area contributed by atoms with E-state index < -0.39 is 64.0 Å². The third-order valence-electron chi connectivity index (χ3n) is 2.79. The van der Waals surface area contributed by atoms with Crippen molar-refractivity contribution >= 4 is 22.0 Å². The predicted molar refractivity (Wildman–Crippen MR) is 69.4 cm³/mol. The molecule has 17 heteroatoms. The molecule has 0 rings (SSSR count). The molecule has 0 aliphatic rings. The molecule has 1 N–H and O–H groups in total. The lowest BCUT2D eigenvalue weighted by atomic mass is 10.2. The molecule has 0 spiro atoms. The topological polar surface area (TPSA) is 122 Å². The van der Waals surface area contributed by atoms with Crippen molar-refractivity contribution in [2.24, 2.45) is 0 Å². The maximum absolute atomic E-state index is 13.2. The molecule has 0 aromatic rings. The Bertz CT molecular complexity index is 730. The first-order chi connectivity index (χ1) is 12.2. The van der Waals surface area contributed by atoms with E-state index in [9.17, 15) is 57.7 Å². The van der Waals surface area contributed by atoms with E-state index in [0.717, 1.165) is 0 Å². The molecule has 0 aromatic carbocycles. The van der Waals surface area contributed by atoms with Gasteiger partial charge in [-0.2, -0.15) is 35.1 Å². The number of carbonyl (C=O) groups excluding carboxylic acids is 2. The average molecular weight is 452 g/mol. The number of alkyl halides is 8. The van der Waals surface area contributed by atoms with Crippen molar-refractivity contribution in [1.82, 2.24) is 5.32 Å². The summed E-state index contributed by atoms with van der Waals surface area (Å²) in [7, 11) is -5.86. The molecule has 0 fully saturated rings. The summed E-state index contributed by atoms with van der Waals surface area (Å²) >= 11 is 0. The van der Waals surface area contributed by atoms with Gasteiger partial charge in [-0.15, -0.1) is 0 Å². The maximum atomic E-state index is 13.2. The third kappa shape index (κ3) is 5.74. The molecule has 0 bridgehead atoms. The SMILES string of the molecule is C=C(C(=O)OC(OCCC(F)(F)S(=O)(=O)[O-])(C(=O)NC)C(F)(F)F)C(F)(F)F. The highest BCUT2D eigenvalue weighted by Gasteiger charge is 2.67. The fourth-order valence-corrected chi connectivity index (χ4v) is 1.65. The number of carbonyl (C=O) groups is 2. The maximum Gasteiger partial charge on any atom is 0.466 e. The van der Waals surface area contributed by atoms with Gasteiger partial charge in [-0.05, 0) is 0 Å². The second-order valence-corrected chi connectivity index (χ2v) is 6.25. The van der Waals surface area contributed by atoms with Gasteiger partial charge in [-0.25, -0.2) is 13.2 Å². The van der Waals surface area contributed by atoms with E-state index in [1.807, 2.05) is 0 Å². The molecule has 1 atom stereocenters. The second kappa shape index (κ2) is 8.16. The summed E-state index contributed by atoms with van der Waals surface area (Å²) in [6.07, 6.45) is -14.0. The Morgan fingerprint density at radius 2 is 1.54 bits per heavy atom. The molecular weight excluding hydrogens is 442 g/mol. The number of ether oxygens (including phenoxy) is 2. The van der Waals surface area contributed by atoms with Crippen LogP contribution in [0.15, 0.2) is 12.2 Å². The molecule has 8 nitrogen and oxygen atoms in total. The Morgan fingerprint density at radius 1 is 1.07 bits per heavy atom. The molecule has 0 saturated heterocycles. The van der Waals surface area contributed by atoms with Crippen LogP contribution in [0.2, 0.25) is 0 Å². The van der Waals surface area contributed by atoms with Crippen molar-refractivity contribution < 1.29 is 67.2 Å². The lowest BCUT2D eigenvalue weighted by molar-refractivity contribution is -0.348. The van der Waals surface area contributed by atoms with Gasteiger partial charge < -0.3 is 19.3 Å². The molecule has 0 aromatic heterocycles. The van der Waals surface area contributed by atoms with Crippen LogP contribution in [0.4, 0.5) is 35.1 Å². The highest BCUT2D eigenvalue weighted by Crippen LogP contribution is 2.38.